The van der Waals surface area contributed by atoms with Crippen LogP contribution in [0.2, 0.25) is 0 Å². The van der Waals surface area contributed by atoms with E-state index in [1.165, 1.54) is 11.1 Å². The number of nitrogens with zero attached hydrogens (tertiary/aromatic N) is 1. The standard InChI is InChI=1S/C23H24N2O4/c1-3-28-22(27)23(2,18-8-5-9-24-13-18)25-21(26)12-17-14-29-20-11-16-7-4-6-15(16)10-19(17)20/h5,8-11,13-14H,3-4,6-7,12H2,1-2H3,(H,25,26)/t23-/m0/s1. The number of aromatic nitrogens is 1. The average Bonchev–Trinajstić information content (AvgIpc) is 3.33. The molecule has 2 aromatic heterocycles. The molecule has 1 aliphatic carbocycles. The molecule has 6 nitrogen and oxygen atoms in total. The van der Waals surface area contributed by atoms with Crippen LogP contribution in [0.15, 0.2) is 47.3 Å². The van der Waals surface area contributed by atoms with E-state index < -0.39 is 11.5 Å². The fraction of sp³-hybridized carbons (Fsp3) is 0.348. The molecule has 0 unspecified atom stereocenters. The van der Waals surface area contributed by atoms with Crippen molar-refractivity contribution in [3.8, 4) is 0 Å². The summed E-state index contributed by atoms with van der Waals surface area (Å²) in [6.07, 6.45) is 8.21. The number of esters is 1. The zero-order chi connectivity index (χ0) is 20.4. The Morgan fingerprint density at radius 1 is 1.28 bits per heavy atom. The van der Waals surface area contributed by atoms with Crippen LogP contribution in [0.1, 0.15) is 42.5 Å². The Bertz CT molecular complexity index is 1060. The first-order valence-corrected chi connectivity index (χ1v) is 9.92. The largest absolute Gasteiger partial charge is 0.464 e. The number of furan rings is 1. The minimum absolute atomic E-state index is 0.112. The molecule has 0 saturated carbocycles. The third kappa shape index (κ3) is 3.62. The lowest BCUT2D eigenvalue weighted by atomic mass is 9.93. The van der Waals surface area contributed by atoms with Gasteiger partial charge in [-0.1, -0.05) is 6.07 Å². The Balaban J connectivity index is 1.59. The molecule has 0 spiro atoms. The van der Waals surface area contributed by atoms with Gasteiger partial charge >= 0.3 is 5.97 Å². The Labute approximate surface area is 169 Å². The molecule has 6 heteroatoms. The number of amides is 1. The van der Waals surface area contributed by atoms with E-state index in [4.69, 9.17) is 9.15 Å². The van der Waals surface area contributed by atoms with Gasteiger partial charge in [-0.3, -0.25) is 9.78 Å². The summed E-state index contributed by atoms with van der Waals surface area (Å²) in [5.41, 5.74) is 3.52. The molecule has 0 fully saturated rings. The minimum atomic E-state index is -1.32. The Morgan fingerprint density at radius 3 is 2.79 bits per heavy atom. The number of carbonyl (C=O) groups is 2. The Morgan fingerprint density at radius 2 is 2.07 bits per heavy atom. The third-order valence-corrected chi connectivity index (χ3v) is 5.53. The highest BCUT2D eigenvalue weighted by molar-refractivity contribution is 5.92. The van der Waals surface area contributed by atoms with E-state index in [1.54, 1.807) is 44.6 Å². The van der Waals surface area contributed by atoms with Crippen molar-refractivity contribution in [2.75, 3.05) is 6.61 Å². The fourth-order valence-electron chi connectivity index (χ4n) is 3.96. The summed E-state index contributed by atoms with van der Waals surface area (Å²) in [5, 5.41) is 3.81. The molecular formula is C23H24N2O4. The maximum atomic E-state index is 12.9. The molecule has 0 radical (unpaired) electrons. The predicted molar refractivity (Wildman–Crippen MR) is 108 cm³/mol. The molecule has 150 valence electrons. The average molecular weight is 392 g/mol. The first kappa shape index (κ1) is 19.2. The molecule has 4 rings (SSSR count). The number of pyridine rings is 1. The third-order valence-electron chi connectivity index (χ3n) is 5.53. The van der Waals surface area contributed by atoms with Crippen molar-refractivity contribution in [3.63, 3.8) is 0 Å². The highest BCUT2D eigenvalue weighted by Gasteiger charge is 2.38. The molecule has 0 saturated heterocycles. The summed E-state index contributed by atoms with van der Waals surface area (Å²) in [6, 6.07) is 7.69. The molecular weight excluding hydrogens is 368 g/mol. The molecule has 1 amide bonds. The fourth-order valence-corrected chi connectivity index (χ4v) is 3.96. The van der Waals surface area contributed by atoms with Gasteiger partial charge in [0.1, 0.15) is 5.58 Å². The number of rotatable bonds is 6. The van der Waals surface area contributed by atoms with Crippen molar-refractivity contribution in [3.05, 3.63) is 65.2 Å². The number of benzene rings is 1. The summed E-state index contributed by atoms with van der Waals surface area (Å²) in [6.45, 7) is 3.60. The van der Waals surface area contributed by atoms with E-state index in [-0.39, 0.29) is 18.9 Å². The number of carbonyl (C=O) groups excluding carboxylic acids is 2. The van der Waals surface area contributed by atoms with Gasteiger partial charge < -0.3 is 14.5 Å². The van der Waals surface area contributed by atoms with Crippen molar-refractivity contribution >= 4 is 22.8 Å². The van der Waals surface area contributed by atoms with Gasteiger partial charge in [0.25, 0.3) is 0 Å². The van der Waals surface area contributed by atoms with Crippen LogP contribution in [0.4, 0.5) is 0 Å². The summed E-state index contributed by atoms with van der Waals surface area (Å²) in [4.78, 5) is 29.6. The second-order valence-electron chi connectivity index (χ2n) is 7.54. The molecule has 1 atom stereocenters. The first-order chi connectivity index (χ1) is 14.0. The molecule has 2 heterocycles. The number of ether oxygens (including phenoxy) is 1. The van der Waals surface area contributed by atoms with Crippen molar-refractivity contribution in [2.45, 2.75) is 45.1 Å². The van der Waals surface area contributed by atoms with Gasteiger partial charge in [-0.25, -0.2) is 4.79 Å². The van der Waals surface area contributed by atoms with Gasteiger partial charge in [0.05, 0.1) is 19.3 Å². The Hall–Kier alpha value is -3.15. The Kier molecular flexibility index (Phi) is 5.09. The molecule has 1 aliphatic rings. The van der Waals surface area contributed by atoms with Crippen LogP contribution in [0.25, 0.3) is 11.0 Å². The normalized spacial score (nSPS) is 15.0. The van der Waals surface area contributed by atoms with Crippen LogP contribution < -0.4 is 5.32 Å². The lowest BCUT2D eigenvalue weighted by molar-refractivity contribution is -0.153. The number of fused-ring (bicyclic) bond motifs is 2. The van der Waals surface area contributed by atoms with Crippen molar-refractivity contribution in [2.24, 2.45) is 0 Å². The molecule has 3 aromatic rings. The van der Waals surface area contributed by atoms with Crippen LogP contribution in [-0.4, -0.2) is 23.5 Å². The van der Waals surface area contributed by atoms with E-state index in [1.807, 2.05) is 0 Å². The zero-order valence-corrected chi connectivity index (χ0v) is 16.7. The lowest BCUT2D eigenvalue weighted by Crippen LogP contribution is -2.51. The summed E-state index contributed by atoms with van der Waals surface area (Å²) in [5.74, 6) is -0.802. The van der Waals surface area contributed by atoms with Crippen LogP contribution in [0.3, 0.4) is 0 Å². The monoisotopic (exact) mass is 392 g/mol. The van der Waals surface area contributed by atoms with Crippen LogP contribution in [0, 0.1) is 0 Å². The highest BCUT2D eigenvalue weighted by Crippen LogP contribution is 2.31. The first-order valence-electron chi connectivity index (χ1n) is 9.92. The number of aryl methyl sites for hydroxylation is 2. The van der Waals surface area contributed by atoms with E-state index in [9.17, 15) is 9.59 Å². The van der Waals surface area contributed by atoms with Gasteiger partial charge in [0, 0.05) is 28.9 Å². The van der Waals surface area contributed by atoms with Gasteiger partial charge in [-0.05, 0) is 62.4 Å². The highest BCUT2D eigenvalue weighted by atomic mass is 16.5. The number of hydrogen-bond donors (Lipinski definition) is 1. The molecule has 0 aliphatic heterocycles. The van der Waals surface area contributed by atoms with Gasteiger partial charge in [0.2, 0.25) is 5.91 Å². The summed E-state index contributed by atoms with van der Waals surface area (Å²) in [7, 11) is 0. The van der Waals surface area contributed by atoms with Crippen molar-refractivity contribution in [1.29, 1.82) is 0 Å². The van der Waals surface area contributed by atoms with Gasteiger partial charge in [-0.15, -0.1) is 0 Å². The summed E-state index contributed by atoms with van der Waals surface area (Å²) >= 11 is 0. The van der Waals surface area contributed by atoms with Crippen LogP contribution in [-0.2, 0) is 39.1 Å². The smallest absolute Gasteiger partial charge is 0.336 e. The molecule has 0 bridgehead atoms. The van der Waals surface area contributed by atoms with Crippen molar-refractivity contribution < 1.29 is 18.7 Å². The quantitative estimate of drug-likeness (QED) is 0.650. The van der Waals surface area contributed by atoms with Gasteiger partial charge in [0.15, 0.2) is 5.54 Å². The number of nitrogens with one attached hydrogen (secondary N) is 1. The molecule has 1 N–H and O–H groups in total. The second-order valence-corrected chi connectivity index (χ2v) is 7.54. The SMILES string of the molecule is CCOC(=O)[C@@](C)(NC(=O)Cc1coc2cc3c(cc12)CCC3)c1cccnc1. The number of hydrogen-bond acceptors (Lipinski definition) is 5. The summed E-state index contributed by atoms with van der Waals surface area (Å²) < 4.78 is 10.9. The lowest BCUT2D eigenvalue weighted by Gasteiger charge is -2.28. The van der Waals surface area contributed by atoms with Gasteiger partial charge in [-0.2, -0.15) is 0 Å². The van der Waals surface area contributed by atoms with Crippen LogP contribution in [0.5, 0.6) is 0 Å². The van der Waals surface area contributed by atoms with Crippen LogP contribution >= 0.6 is 0 Å². The zero-order valence-electron chi connectivity index (χ0n) is 16.7. The van der Waals surface area contributed by atoms with E-state index in [0.717, 1.165) is 35.8 Å². The van der Waals surface area contributed by atoms with Crippen molar-refractivity contribution in [1.82, 2.24) is 10.3 Å². The van der Waals surface area contributed by atoms with E-state index in [2.05, 4.69) is 22.4 Å². The molecule has 1 aromatic carbocycles. The topological polar surface area (TPSA) is 81.4 Å². The van der Waals surface area contributed by atoms with E-state index in [0.29, 0.717) is 5.56 Å². The minimum Gasteiger partial charge on any atom is -0.464 e. The maximum Gasteiger partial charge on any atom is 0.336 e. The molecule has 29 heavy (non-hydrogen) atoms. The predicted octanol–water partition coefficient (Wildman–Crippen LogP) is 3.45. The van der Waals surface area contributed by atoms with E-state index >= 15 is 0 Å². The maximum absolute atomic E-state index is 12.9. The second kappa shape index (κ2) is 7.70.